The van der Waals surface area contributed by atoms with Gasteiger partial charge in [0.15, 0.2) is 0 Å². The van der Waals surface area contributed by atoms with Crippen molar-refractivity contribution in [3.8, 4) is 0 Å². The second kappa shape index (κ2) is 5.37. The summed E-state index contributed by atoms with van der Waals surface area (Å²) in [6, 6.07) is 9.40. The predicted octanol–water partition coefficient (Wildman–Crippen LogP) is 1.95. The molecular weight excluding hydrogens is 238 g/mol. The Labute approximate surface area is 103 Å². The summed E-state index contributed by atoms with van der Waals surface area (Å²) in [7, 11) is 0. The third kappa shape index (κ3) is 3.00. The molecule has 0 atom stereocenters. The van der Waals surface area contributed by atoms with Crippen LogP contribution in [0.25, 0.3) is 10.9 Å². The van der Waals surface area contributed by atoms with Crippen LogP contribution in [0, 0.1) is 0 Å². The lowest BCUT2D eigenvalue weighted by molar-refractivity contribution is -0.0477. The van der Waals surface area contributed by atoms with E-state index in [2.05, 4.69) is 10.3 Å². The fourth-order valence-corrected chi connectivity index (χ4v) is 1.75. The van der Waals surface area contributed by atoms with E-state index in [1.165, 1.54) is 0 Å². The van der Waals surface area contributed by atoms with Crippen LogP contribution < -0.4 is 5.32 Å². The smallest absolute Gasteiger partial charge is 0.282 e. The van der Waals surface area contributed by atoms with Crippen LogP contribution >= 0.6 is 0 Å². The van der Waals surface area contributed by atoms with Crippen molar-refractivity contribution in [2.75, 3.05) is 13.2 Å². The van der Waals surface area contributed by atoms with Crippen LogP contribution in [-0.2, 0) is 6.54 Å². The van der Waals surface area contributed by atoms with Gasteiger partial charge in [-0.25, -0.2) is 8.78 Å². The summed E-state index contributed by atoms with van der Waals surface area (Å²) >= 11 is 0. The zero-order valence-electron chi connectivity index (χ0n) is 9.74. The van der Waals surface area contributed by atoms with Gasteiger partial charge in [-0.05, 0) is 11.6 Å². The Morgan fingerprint density at radius 3 is 2.78 bits per heavy atom. The van der Waals surface area contributed by atoms with E-state index in [1.54, 1.807) is 6.20 Å². The lowest BCUT2D eigenvalue weighted by atomic mass is 10.1. The maximum Gasteiger partial charge on any atom is 0.282 e. The number of aliphatic hydroxyl groups is 1. The molecule has 0 fully saturated rings. The van der Waals surface area contributed by atoms with Crippen molar-refractivity contribution >= 4 is 10.9 Å². The molecule has 0 unspecified atom stereocenters. The molecule has 1 heterocycles. The predicted molar refractivity (Wildman–Crippen MR) is 65.5 cm³/mol. The second-order valence-corrected chi connectivity index (χ2v) is 4.11. The Morgan fingerprint density at radius 1 is 1.22 bits per heavy atom. The lowest BCUT2D eigenvalue weighted by Gasteiger charge is -2.14. The van der Waals surface area contributed by atoms with Gasteiger partial charge < -0.3 is 10.4 Å². The number of nitrogens with zero attached hydrogens (tertiary/aromatic N) is 1. The topological polar surface area (TPSA) is 45.1 Å². The Kier molecular flexibility index (Phi) is 3.84. The monoisotopic (exact) mass is 252 g/mol. The molecule has 0 saturated carbocycles. The highest BCUT2D eigenvalue weighted by atomic mass is 19.3. The summed E-state index contributed by atoms with van der Waals surface area (Å²) in [4.78, 5) is 4.24. The van der Waals surface area contributed by atoms with E-state index in [1.807, 2.05) is 30.3 Å². The molecular formula is C13H14F2N2O. The molecule has 0 radical (unpaired) electrons. The number of hydrogen-bond donors (Lipinski definition) is 2. The van der Waals surface area contributed by atoms with Crippen molar-refractivity contribution in [2.24, 2.45) is 0 Å². The zero-order valence-corrected chi connectivity index (χ0v) is 9.74. The first-order chi connectivity index (χ1) is 8.62. The third-order valence-electron chi connectivity index (χ3n) is 2.65. The van der Waals surface area contributed by atoms with Gasteiger partial charge in [0.2, 0.25) is 0 Å². The largest absolute Gasteiger partial charge is 0.390 e. The molecule has 1 aromatic carbocycles. The number of rotatable bonds is 5. The first kappa shape index (κ1) is 12.9. The number of aliphatic hydroxyl groups excluding tert-OH is 1. The lowest BCUT2D eigenvalue weighted by Crippen LogP contribution is -2.35. The molecule has 2 rings (SSSR count). The maximum atomic E-state index is 12.8. The molecule has 0 amide bonds. The molecule has 0 saturated heterocycles. The van der Waals surface area contributed by atoms with E-state index in [9.17, 15) is 8.78 Å². The highest BCUT2D eigenvalue weighted by Crippen LogP contribution is 2.16. The quantitative estimate of drug-likeness (QED) is 0.855. The Hall–Kier alpha value is -1.59. The number of nitrogens with one attached hydrogen (secondary N) is 1. The van der Waals surface area contributed by atoms with E-state index in [0.29, 0.717) is 6.54 Å². The minimum Gasteiger partial charge on any atom is -0.390 e. The van der Waals surface area contributed by atoms with Gasteiger partial charge in [0.25, 0.3) is 5.92 Å². The second-order valence-electron chi connectivity index (χ2n) is 4.11. The van der Waals surface area contributed by atoms with Crippen LogP contribution in [0.1, 0.15) is 5.56 Å². The minimum atomic E-state index is -3.09. The van der Waals surface area contributed by atoms with Crippen LogP contribution in [0.2, 0.25) is 0 Å². The van der Waals surface area contributed by atoms with Gasteiger partial charge in [-0.15, -0.1) is 0 Å². The Bertz CT molecular complexity index is 526. The molecule has 2 aromatic rings. The number of fused-ring (bicyclic) bond motifs is 1. The van der Waals surface area contributed by atoms with E-state index < -0.39 is 19.1 Å². The number of hydrogen-bond acceptors (Lipinski definition) is 3. The Morgan fingerprint density at radius 2 is 2.00 bits per heavy atom. The molecule has 96 valence electrons. The highest BCUT2D eigenvalue weighted by Gasteiger charge is 2.26. The molecule has 2 N–H and O–H groups in total. The third-order valence-corrected chi connectivity index (χ3v) is 2.65. The fourth-order valence-electron chi connectivity index (χ4n) is 1.75. The van der Waals surface area contributed by atoms with E-state index in [4.69, 9.17) is 5.11 Å². The number of pyridine rings is 1. The standard InChI is InChI=1S/C13H14F2N2O/c14-13(15,9-18)8-16-7-11-4-1-3-10-5-2-6-17-12(10)11/h1-6,16,18H,7-9H2. The summed E-state index contributed by atoms with van der Waals surface area (Å²) in [5, 5.41) is 12.1. The van der Waals surface area contributed by atoms with Crippen LogP contribution in [-0.4, -0.2) is 29.2 Å². The number of halogens is 2. The summed E-state index contributed by atoms with van der Waals surface area (Å²) in [5.41, 5.74) is 1.67. The molecule has 0 aliphatic rings. The van der Waals surface area contributed by atoms with E-state index >= 15 is 0 Å². The Balaban J connectivity index is 2.08. The van der Waals surface area contributed by atoms with Gasteiger partial charge in [0.05, 0.1) is 12.1 Å². The van der Waals surface area contributed by atoms with Gasteiger partial charge in [-0.3, -0.25) is 4.98 Å². The van der Waals surface area contributed by atoms with Gasteiger partial charge in [-0.2, -0.15) is 0 Å². The van der Waals surface area contributed by atoms with Crippen molar-refractivity contribution < 1.29 is 13.9 Å². The fraction of sp³-hybridized carbons (Fsp3) is 0.308. The van der Waals surface area contributed by atoms with Gasteiger partial charge in [0.1, 0.15) is 6.61 Å². The molecule has 0 aliphatic heterocycles. The molecule has 18 heavy (non-hydrogen) atoms. The first-order valence-electron chi connectivity index (χ1n) is 5.64. The average molecular weight is 252 g/mol. The number of alkyl halides is 2. The van der Waals surface area contributed by atoms with Crippen LogP contribution in [0.15, 0.2) is 36.5 Å². The van der Waals surface area contributed by atoms with Gasteiger partial charge >= 0.3 is 0 Å². The molecule has 5 heteroatoms. The van der Waals surface area contributed by atoms with Crippen LogP contribution in [0.5, 0.6) is 0 Å². The number of para-hydroxylation sites is 1. The van der Waals surface area contributed by atoms with E-state index in [-0.39, 0.29) is 0 Å². The normalized spacial score (nSPS) is 11.9. The molecule has 0 bridgehead atoms. The summed E-state index contributed by atoms with van der Waals surface area (Å²) in [6.45, 7) is -1.40. The molecule has 0 aliphatic carbocycles. The first-order valence-corrected chi connectivity index (χ1v) is 5.64. The average Bonchev–Trinajstić information content (AvgIpc) is 2.39. The van der Waals surface area contributed by atoms with Crippen molar-refractivity contribution in [3.05, 3.63) is 42.1 Å². The minimum absolute atomic E-state index is 0.296. The van der Waals surface area contributed by atoms with Crippen molar-refractivity contribution in [2.45, 2.75) is 12.5 Å². The van der Waals surface area contributed by atoms with Crippen molar-refractivity contribution in [1.82, 2.24) is 10.3 Å². The molecule has 0 spiro atoms. The van der Waals surface area contributed by atoms with Gasteiger partial charge in [0, 0.05) is 18.1 Å². The number of benzene rings is 1. The highest BCUT2D eigenvalue weighted by molar-refractivity contribution is 5.81. The maximum absolute atomic E-state index is 12.8. The van der Waals surface area contributed by atoms with Crippen LogP contribution in [0.3, 0.4) is 0 Å². The molecule has 3 nitrogen and oxygen atoms in total. The van der Waals surface area contributed by atoms with Crippen molar-refractivity contribution in [3.63, 3.8) is 0 Å². The van der Waals surface area contributed by atoms with Crippen LogP contribution in [0.4, 0.5) is 8.78 Å². The molecule has 1 aromatic heterocycles. The number of aromatic nitrogens is 1. The summed E-state index contributed by atoms with van der Waals surface area (Å²) < 4.78 is 25.7. The van der Waals surface area contributed by atoms with Crippen molar-refractivity contribution in [1.29, 1.82) is 0 Å². The summed E-state index contributed by atoms with van der Waals surface area (Å²) in [5.74, 6) is -3.09. The van der Waals surface area contributed by atoms with E-state index in [0.717, 1.165) is 16.5 Å². The van der Waals surface area contributed by atoms with Gasteiger partial charge in [-0.1, -0.05) is 24.3 Å². The SMILES string of the molecule is OCC(F)(F)CNCc1cccc2cccnc12. The summed E-state index contributed by atoms with van der Waals surface area (Å²) in [6.07, 6.45) is 1.67. The zero-order chi connectivity index (χ0) is 13.0.